The number of allylic oxidation sites excluding steroid dienone is 1. The van der Waals surface area contributed by atoms with E-state index in [1.165, 1.54) is 135 Å². The van der Waals surface area contributed by atoms with E-state index in [0.29, 0.717) is 12.3 Å². The topological polar surface area (TPSA) is 29.5 Å². The maximum absolute atomic E-state index is 10.7. The molecule has 1 atom stereocenters. The van der Waals surface area contributed by atoms with Gasteiger partial charge in [-0.3, -0.25) is 0 Å². The van der Waals surface area contributed by atoms with Gasteiger partial charge in [0.05, 0.1) is 12.4 Å². The summed E-state index contributed by atoms with van der Waals surface area (Å²) in [6.07, 6.45) is 28.9. The van der Waals surface area contributed by atoms with Crippen molar-refractivity contribution in [3.05, 3.63) is 12.3 Å². The highest BCUT2D eigenvalue weighted by Crippen LogP contribution is 2.25. The van der Waals surface area contributed by atoms with E-state index < -0.39 is 0 Å². The Morgan fingerprint density at radius 3 is 1.67 bits per heavy atom. The second-order valence-electron chi connectivity index (χ2n) is 11.0. The Labute approximate surface area is 227 Å². The van der Waals surface area contributed by atoms with Crippen molar-refractivity contribution < 1.29 is 9.53 Å². The van der Waals surface area contributed by atoms with Crippen molar-refractivity contribution in [3.8, 4) is 0 Å². The highest BCUT2D eigenvalue weighted by Gasteiger charge is 2.14. The number of rotatable bonds is 30. The molecule has 0 radical (unpaired) electrons. The van der Waals surface area contributed by atoms with Gasteiger partial charge in [-0.2, -0.15) is 0 Å². The Balaban J connectivity index is 4.12. The minimum Gasteiger partial charge on any atom is -0.498 e. The largest absolute Gasteiger partial charge is 0.498 e. The molecule has 0 bridgehead atoms. The molecule has 0 saturated heterocycles. The van der Waals surface area contributed by atoms with Crippen LogP contribution in [0.25, 0.3) is 0 Å². The average Bonchev–Trinajstić information content (AvgIpc) is 2.88. The number of aldehydes is 1. The molecule has 0 aliphatic rings. The average molecular weight is 508 g/mol. The van der Waals surface area contributed by atoms with Crippen molar-refractivity contribution in [1.29, 1.82) is 0 Å². The Morgan fingerprint density at radius 1 is 0.639 bits per heavy atom. The van der Waals surface area contributed by atoms with Gasteiger partial charge in [-0.15, -0.1) is 0 Å². The smallest absolute Gasteiger partial charge is 0.120 e. The second kappa shape index (κ2) is 28.7. The fourth-order valence-corrected chi connectivity index (χ4v) is 5.06. The number of carbonyl (C=O) groups is 1. The van der Waals surface area contributed by atoms with E-state index in [2.05, 4.69) is 32.3 Å². The molecular weight excluding hydrogens is 442 g/mol. The van der Waals surface area contributed by atoms with Crippen LogP contribution < -0.4 is 0 Å². The molecule has 0 aromatic carbocycles. The number of nitrogens with zero attached hydrogens (tertiary/aromatic N) is 1. The first kappa shape index (κ1) is 35.2. The zero-order valence-corrected chi connectivity index (χ0v) is 25.0. The quantitative estimate of drug-likeness (QED) is 0.0550. The third-order valence-corrected chi connectivity index (χ3v) is 7.55. The third-order valence-electron chi connectivity index (χ3n) is 7.55. The molecule has 36 heavy (non-hydrogen) atoms. The summed E-state index contributed by atoms with van der Waals surface area (Å²) in [5, 5.41) is 0. The maximum atomic E-state index is 10.7. The molecule has 0 rings (SSSR count). The van der Waals surface area contributed by atoms with E-state index >= 15 is 0 Å². The molecule has 214 valence electrons. The number of hydrogen-bond donors (Lipinski definition) is 0. The summed E-state index contributed by atoms with van der Waals surface area (Å²) in [6, 6.07) is 0. The van der Waals surface area contributed by atoms with Crippen LogP contribution in [0.15, 0.2) is 12.3 Å². The summed E-state index contributed by atoms with van der Waals surface area (Å²) < 4.78 is 6.19. The number of ether oxygens (including phenoxy) is 1. The van der Waals surface area contributed by atoms with Crippen LogP contribution >= 0.6 is 0 Å². The third kappa shape index (κ3) is 23.6. The first-order valence-corrected chi connectivity index (χ1v) is 16.2. The van der Waals surface area contributed by atoms with Gasteiger partial charge in [0.15, 0.2) is 0 Å². The molecule has 0 aliphatic heterocycles. The SMILES string of the molecule is C=C(OCCCCCCN(CCCC=O)CCCCCC)C(CCCCCC)CCCCCCCC. The van der Waals surface area contributed by atoms with E-state index in [4.69, 9.17) is 4.74 Å². The minimum atomic E-state index is 0.556. The molecule has 0 aliphatic carbocycles. The summed E-state index contributed by atoms with van der Waals surface area (Å²) in [4.78, 5) is 13.3. The van der Waals surface area contributed by atoms with Gasteiger partial charge in [0.25, 0.3) is 0 Å². The maximum Gasteiger partial charge on any atom is 0.120 e. The van der Waals surface area contributed by atoms with Crippen LogP contribution in [0.2, 0.25) is 0 Å². The van der Waals surface area contributed by atoms with Gasteiger partial charge < -0.3 is 14.4 Å². The highest BCUT2D eigenvalue weighted by molar-refractivity contribution is 5.48. The molecule has 1 unspecified atom stereocenters. The summed E-state index contributed by atoms with van der Waals surface area (Å²) >= 11 is 0. The lowest BCUT2D eigenvalue weighted by Gasteiger charge is -2.22. The van der Waals surface area contributed by atoms with Crippen LogP contribution in [0.5, 0.6) is 0 Å². The van der Waals surface area contributed by atoms with Crippen LogP contribution in [0.4, 0.5) is 0 Å². The lowest BCUT2D eigenvalue weighted by atomic mass is 9.93. The molecule has 0 saturated carbocycles. The van der Waals surface area contributed by atoms with Gasteiger partial charge in [0, 0.05) is 12.3 Å². The normalized spacial score (nSPS) is 12.2. The van der Waals surface area contributed by atoms with Crippen molar-refractivity contribution in [2.45, 2.75) is 162 Å². The summed E-state index contributed by atoms with van der Waals surface area (Å²) in [6.45, 7) is 15.5. The van der Waals surface area contributed by atoms with Crippen LogP contribution in [-0.2, 0) is 9.53 Å². The first-order valence-electron chi connectivity index (χ1n) is 16.2. The molecule has 0 aromatic rings. The van der Waals surface area contributed by atoms with Crippen molar-refractivity contribution >= 4 is 6.29 Å². The summed E-state index contributed by atoms with van der Waals surface area (Å²) in [7, 11) is 0. The van der Waals surface area contributed by atoms with Crippen molar-refractivity contribution in [3.63, 3.8) is 0 Å². The minimum absolute atomic E-state index is 0.556. The van der Waals surface area contributed by atoms with Gasteiger partial charge in [-0.05, 0) is 58.2 Å². The van der Waals surface area contributed by atoms with Crippen LogP contribution in [0.1, 0.15) is 162 Å². The Kier molecular flexibility index (Phi) is 28.1. The Morgan fingerprint density at radius 2 is 1.08 bits per heavy atom. The predicted octanol–water partition coefficient (Wildman–Crippen LogP) is 10.3. The molecule has 0 N–H and O–H groups in total. The van der Waals surface area contributed by atoms with E-state index in [-0.39, 0.29) is 0 Å². The number of hydrogen-bond acceptors (Lipinski definition) is 3. The zero-order chi connectivity index (χ0) is 26.5. The zero-order valence-electron chi connectivity index (χ0n) is 25.0. The standard InChI is InChI=1S/C33H65NO2/c1-5-8-11-14-15-19-26-33(25-18-12-9-6-2)32(4)36-31-24-17-16-21-28-34(29-22-23-30-35)27-20-13-10-7-3/h30,33H,4-29,31H2,1-3H3. The van der Waals surface area contributed by atoms with Gasteiger partial charge >= 0.3 is 0 Å². The lowest BCUT2D eigenvalue weighted by molar-refractivity contribution is -0.108. The predicted molar refractivity (Wildman–Crippen MR) is 160 cm³/mol. The Hall–Kier alpha value is -0.830. The molecule has 3 nitrogen and oxygen atoms in total. The van der Waals surface area contributed by atoms with Gasteiger partial charge in [0.2, 0.25) is 0 Å². The monoisotopic (exact) mass is 508 g/mol. The molecule has 0 amide bonds. The molecule has 0 aromatic heterocycles. The first-order chi connectivity index (χ1) is 17.7. The van der Waals surface area contributed by atoms with Gasteiger partial charge in [0.1, 0.15) is 6.29 Å². The van der Waals surface area contributed by atoms with Crippen LogP contribution in [-0.4, -0.2) is 37.4 Å². The van der Waals surface area contributed by atoms with Crippen molar-refractivity contribution in [2.24, 2.45) is 5.92 Å². The van der Waals surface area contributed by atoms with Crippen LogP contribution in [0, 0.1) is 5.92 Å². The van der Waals surface area contributed by atoms with E-state index in [1.807, 2.05) is 0 Å². The van der Waals surface area contributed by atoms with Gasteiger partial charge in [-0.25, -0.2) is 0 Å². The molecule has 3 heteroatoms. The lowest BCUT2D eigenvalue weighted by Crippen LogP contribution is -2.27. The van der Waals surface area contributed by atoms with Crippen LogP contribution in [0.3, 0.4) is 0 Å². The molecular formula is C33H65NO2. The fourth-order valence-electron chi connectivity index (χ4n) is 5.06. The fraction of sp³-hybridized carbons (Fsp3) is 0.909. The van der Waals surface area contributed by atoms with Crippen molar-refractivity contribution in [2.75, 3.05) is 26.2 Å². The van der Waals surface area contributed by atoms with Crippen molar-refractivity contribution in [1.82, 2.24) is 4.90 Å². The number of carbonyl (C=O) groups excluding carboxylic acids is 1. The molecule has 0 spiro atoms. The van der Waals surface area contributed by atoms with E-state index in [1.54, 1.807) is 0 Å². The number of unbranched alkanes of at least 4 members (excludes halogenated alkanes) is 15. The van der Waals surface area contributed by atoms with Gasteiger partial charge in [-0.1, -0.05) is 124 Å². The van der Waals surface area contributed by atoms with E-state index in [9.17, 15) is 4.79 Å². The summed E-state index contributed by atoms with van der Waals surface area (Å²) in [5.74, 6) is 1.62. The second-order valence-corrected chi connectivity index (χ2v) is 11.0. The highest BCUT2D eigenvalue weighted by atomic mass is 16.5. The summed E-state index contributed by atoms with van der Waals surface area (Å²) in [5.41, 5.74) is 0. The molecule has 0 fully saturated rings. The van der Waals surface area contributed by atoms with E-state index in [0.717, 1.165) is 38.0 Å². The molecule has 0 heterocycles. The Bertz CT molecular complexity index is 465.